The van der Waals surface area contributed by atoms with Crippen LogP contribution in [0.2, 0.25) is 0 Å². The van der Waals surface area contributed by atoms with E-state index < -0.39 is 0 Å². The fourth-order valence-electron chi connectivity index (χ4n) is 0.520. The largest absolute Gasteiger partial charge is 0.592 e. The third-order valence-electron chi connectivity index (χ3n) is 0.978. The van der Waals surface area contributed by atoms with Gasteiger partial charge in [0.05, 0.1) is 0 Å². The van der Waals surface area contributed by atoms with Gasteiger partial charge in [-0.1, -0.05) is 0 Å². The standard InChI is InChI=1S/C6H5IO2/c7-6-4(8)2-1-3-5(6)9/h1-3,8-9H/p+1. The first kappa shape index (κ1) is 6.67. The summed E-state index contributed by atoms with van der Waals surface area (Å²) in [5, 5.41) is 16.2. The molecule has 0 heterocycles. The van der Waals surface area contributed by atoms with Crippen LogP contribution in [0.3, 0.4) is 0 Å². The predicted octanol–water partition coefficient (Wildman–Crippen LogP) is 1.43. The van der Waals surface area contributed by atoms with Crippen LogP contribution in [0.1, 0.15) is 0 Å². The van der Waals surface area contributed by atoms with E-state index >= 15 is 0 Å². The van der Waals surface area contributed by atoms with Crippen LogP contribution in [-0.2, 0) is 0 Å². The zero-order valence-corrected chi connectivity index (χ0v) is 6.71. The highest BCUT2D eigenvalue weighted by Gasteiger charge is 2.04. The summed E-state index contributed by atoms with van der Waals surface area (Å²) in [5.74, 6) is 0.554. The van der Waals surface area contributed by atoms with Gasteiger partial charge in [0.1, 0.15) is 9.32 Å². The molecule has 0 aliphatic heterocycles. The van der Waals surface area contributed by atoms with Crippen LogP contribution in [0.5, 0.6) is 11.5 Å². The highest BCUT2D eigenvalue weighted by Crippen LogP contribution is 2.26. The second-order valence-electron chi connectivity index (χ2n) is 1.64. The maximum absolute atomic E-state index is 8.97. The van der Waals surface area contributed by atoms with E-state index in [4.69, 9.17) is 10.2 Å². The second-order valence-corrected chi connectivity index (χ2v) is 2.72. The maximum atomic E-state index is 8.97. The lowest BCUT2D eigenvalue weighted by Gasteiger charge is -1.93. The molecule has 0 spiro atoms. The van der Waals surface area contributed by atoms with Gasteiger partial charge in [-0.05, 0) is 34.7 Å². The van der Waals surface area contributed by atoms with Crippen LogP contribution in [0.4, 0.5) is 0 Å². The molecule has 0 amide bonds. The molecule has 0 unspecified atom stereocenters. The molecule has 0 aromatic heterocycles. The Labute approximate surface area is 66.3 Å². The summed E-state index contributed by atoms with van der Waals surface area (Å²) >= 11 is 1.93. The topological polar surface area (TPSA) is 43.1 Å². The van der Waals surface area contributed by atoms with Crippen molar-refractivity contribution in [3.63, 3.8) is 0 Å². The van der Waals surface area contributed by atoms with Crippen LogP contribution >= 0.6 is 22.6 Å². The minimum absolute atomic E-state index is 0.183. The van der Waals surface area contributed by atoms with E-state index in [0.717, 1.165) is 0 Å². The van der Waals surface area contributed by atoms with Gasteiger partial charge in [-0.25, -0.2) is 0 Å². The molecule has 0 aliphatic carbocycles. The molecule has 1 rings (SSSR count). The average Bonchev–Trinajstić information content (AvgIpc) is 1.83. The third-order valence-corrected chi connectivity index (χ3v) is 2.11. The molecule has 48 valence electrons. The highest BCUT2D eigenvalue weighted by atomic mass is 127. The average molecular weight is 237 g/mol. The number of benzene rings is 1. The van der Waals surface area contributed by atoms with Gasteiger partial charge in [0, 0.05) is 6.07 Å². The van der Waals surface area contributed by atoms with Gasteiger partial charge in [-0.3, -0.25) is 0 Å². The summed E-state index contributed by atoms with van der Waals surface area (Å²) in [6, 6.07) is 4.86. The van der Waals surface area contributed by atoms with Crippen LogP contribution in [-0.4, -0.2) is 10.2 Å². The monoisotopic (exact) mass is 237 g/mol. The number of phenolic OH excluding ortho intramolecular Hbond substituents is 1. The van der Waals surface area contributed by atoms with E-state index in [1.54, 1.807) is 18.2 Å². The Morgan fingerprint density at radius 1 is 1.44 bits per heavy atom. The number of halogens is 1. The molecular formula is C6H6IO2+. The van der Waals surface area contributed by atoms with E-state index in [0.29, 0.717) is 9.32 Å². The van der Waals surface area contributed by atoms with Gasteiger partial charge in [0.15, 0.2) is 0 Å². The van der Waals surface area contributed by atoms with Crippen LogP contribution in [0.25, 0.3) is 0 Å². The Morgan fingerprint density at radius 3 is 2.56 bits per heavy atom. The second kappa shape index (κ2) is 2.43. The van der Waals surface area contributed by atoms with Gasteiger partial charge < -0.3 is 10.2 Å². The Morgan fingerprint density at radius 2 is 2.11 bits per heavy atom. The van der Waals surface area contributed by atoms with Gasteiger partial charge in [0.2, 0.25) is 0 Å². The zero-order chi connectivity index (χ0) is 6.85. The smallest absolute Gasteiger partial charge is 0.271 e. The third kappa shape index (κ3) is 1.27. The van der Waals surface area contributed by atoms with Gasteiger partial charge in [0.25, 0.3) is 5.75 Å². The summed E-state index contributed by atoms with van der Waals surface area (Å²) in [7, 11) is 0. The van der Waals surface area contributed by atoms with E-state index in [1.165, 1.54) is 0 Å². The first-order valence-electron chi connectivity index (χ1n) is 2.41. The summed E-state index contributed by atoms with van der Waals surface area (Å²) in [4.78, 5) is 0. The zero-order valence-electron chi connectivity index (χ0n) is 4.56. The normalized spacial score (nSPS) is 9.44. The molecule has 0 saturated heterocycles. The number of hydrogen-bond acceptors (Lipinski definition) is 1. The molecule has 0 fully saturated rings. The number of aromatic hydroxyl groups is 1. The number of phenols is 1. The molecule has 0 aliphatic rings. The molecular weight excluding hydrogens is 231 g/mol. The van der Waals surface area contributed by atoms with Crippen molar-refractivity contribution < 1.29 is 10.2 Å². The Kier molecular flexibility index (Phi) is 1.80. The molecule has 0 radical (unpaired) electrons. The Balaban J connectivity index is 3.25. The molecule has 2 nitrogen and oxygen atoms in total. The van der Waals surface area contributed by atoms with E-state index in [2.05, 4.69) is 0 Å². The minimum Gasteiger partial charge on any atom is -0.592 e. The van der Waals surface area contributed by atoms with Gasteiger partial charge >= 0.3 is 0 Å². The first-order valence-corrected chi connectivity index (χ1v) is 3.49. The van der Waals surface area contributed by atoms with Crippen LogP contribution in [0, 0.1) is 3.57 Å². The first-order chi connectivity index (χ1) is 4.22. The summed E-state index contributed by atoms with van der Waals surface area (Å²) in [5.41, 5.74) is 0. The molecule has 9 heavy (non-hydrogen) atoms. The quantitative estimate of drug-likeness (QED) is 0.538. The van der Waals surface area contributed by atoms with E-state index in [-0.39, 0.29) is 5.75 Å². The van der Waals surface area contributed by atoms with Crippen LogP contribution < -0.4 is 0 Å². The fourth-order valence-corrected chi connectivity index (χ4v) is 0.879. The van der Waals surface area contributed by atoms with Crippen molar-refractivity contribution >= 4 is 22.6 Å². The lowest BCUT2D eigenvalue weighted by Crippen LogP contribution is -1.72. The van der Waals surface area contributed by atoms with Crippen molar-refractivity contribution in [3.8, 4) is 11.5 Å². The highest BCUT2D eigenvalue weighted by molar-refractivity contribution is 14.1. The van der Waals surface area contributed by atoms with E-state index in [9.17, 15) is 0 Å². The minimum atomic E-state index is 0.183. The fraction of sp³-hybridized carbons (Fsp3) is 0. The SMILES string of the molecule is Oc1cccc([OH2+])c1I. The van der Waals surface area contributed by atoms with Crippen molar-refractivity contribution in [1.29, 1.82) is 0 Å². The molecule has 0 bridgehead atoms. The molecule has 0 atom stereocenters. The molecule has 0 saturated carbocycles. The summed E-state index contributed by atoms with van der Waals surface area (Å²) < 4.78 is 0.607. The van der Waals surface area contributed by atoms with Crippen molar-refractivity contribution in [3.05, 3.63) is 21.8 Å². The number of rotatable bonds is 0. The molecule has 1 aromatic carbocycles. The van der Waals surface area contributed by atoms with Crippen molar-refractivity contribution in [2.24, 2.45) is 0 Å². The molecule has 3 N–H and O–H groups in total. The van der Waals surface area contributed by atoms with Gasteiger partial charge in [-0.2, -0.15) is 0 Å². The van der Waals surface area contributed by atoms with Crippen molar-refractivity contribution in [2.75, 3.05) is 0 Å². The lowest BCUT2D eigenvalue weighted by molar-refractivity contribution is 0.444. The van der Waals surface area contributed by atoms with E-state index in [1.807, 2.05) is 22.6 Å². The van der Waals surface area contributed by atoms with Crippen LogP contribution in [0.15, 0.2) is 18.2 Å². The summed E-state index contributed by atoms with van der Waals surface area (Å²) in [6.45, 7) is 0. The Bertz CT molecular complexity index is 202. The Hall–Kier alpha value is -0.450. The lowest BCUT2D eigenvalue weighted by atomic mass is 10.3. The van der Waals surface area contributed by atoms with Gasteiger partial charge in [-0.15, -0.1) is 0 Å². The van der Waals surface area contributed by atoms with Crippen molar-refractivity contribution in [1.82, 2.24) is 0 Å². The summed E-state index contributed by atoms with van der Waals surface area (Å²) in [6.07, 6.45) is 0. The van der Waals surface area contributed by atoms with Crippen molar-refractivity contribution in [2.45, 2.75) is 0 Å². The molecule has 3 heteroatoms. The number of hydrogen-bond donors (Lipinski definition) is 1. The maximum Gasteiger partial charge on any atom is 0.271 e. The molecule has 1 aromatic rings. The predicted molar refractivity (Wildman–Crippen MR) is 43.9 cm³/mol.